The molecule has 25 heavy (non-hydrogen) atoms. The molecule has 0 unspecified atom stereocenters. The van der Waals surface area contributed by atoms with Gasteiger partial charge in [-0.25, -0.2) is 4.79 Å². The zero-order chi connectivity index (χ0) is 18.4. The van der Waals surface area contributed by atoms with E-state index in [1.165, 1.54) is 4.90 Å². The normalized spacial score (nSPS) is 10.3. The number of ether oxygens (including phenoxy) is 1. The van der Waals surface area contributed by atoms with E-state index in [9.17, 15) is 9.59 Å². The van der Waals surface area contributed by atoms with Gasteiger partial charge in [0, 0.05) is 25.3 Å². The van der Waals surface area contributed by atoms with Crippen LogP contribution in [-0.2, 0) is 0 Å². The molecule has 2 rings (SSSR count). The third-order valence-corrected chi connectivity index (χ3v) is 3.27. The van der Waals surface area contributed by atoms with Crippen molar-refractivity contribution in [3.8, 4) is 5.75 Å². The number of nitrogens with zero attached hydrogens (tertiary/aromatic N) is 1. The molecule has 0 heterocycles. The fraction of sp³-hybridized carbons (Fsp3) is 0.263. The quantitative estimate of drug-likeness (QED) is 0.868. The molecule has 6 heteroatoms. The molecule has 2 aromatic carbocycles. The number of urea groups is 1. The second-order valence-electron chi connectivity index (χ2n) is 6.02. The molecule has 3 amide bonds. The van der Waals surface area contributed by atoms with E-state index >= 15 is 0 Å². The van der Waals surface area contributed by atoms with Crippen LogP contribution in [0.5, 0.6) is 5.75 Å². The lowest BCUT2D eigenvalue weighted by Crippen LogP contribution is -2.23. The first-order chi connectivity index (χ1) is 11.9. The molecular formula is C19H23N3O3. The minimum absolute atomic E-state index is 0.000242. The molecule has 6 nitrogen and oxygen atoms in total. The molecular weight excluding hydrogens is 318 g/mol. The smallest absolute Gasteiger partial charge is 0.323 e. The first kappa shape index (κ1) is 18.3. The van der Waals surface area contributed by atoms with E-state index < -0.39 is 6.03 Å². The van der Waals surface area contributed by atoms with E-state index in [0.29, 0.717) is 22.7 Å². The van der Waals surface area contributed by atoms with Crippen LogP contribution in [0.15, 0.2) is 48.5 Å². The van der Waals surface area contributed by atoms with Gasteiger partial charge >= 0.3 is 6.03 Å². The summed E-state index contributed by atoms with van der Waals surface area (Å²) in [5, 5.41) is 5.49. The van der Waals surface area contributed by atoms with Crippen molar-refractivity contribution < 1.29 is 14.3 Å². The van der Waals surface area contributed by atoms with Gasteiger partial charge in [-0.05, 0) is 44.2 Å². The van der Waals surface area contributed by atoms with Crippen LogP contribution in [0.25, 0.3) is 0 Å². The van der Waals surface area contributed by atoms with E-state index in [0.717, 1.165) is 0 Å². The second-order valence-corrected chi connectivity index (χ2v) is 6.02. The number of para-hydroxylation sites is 2. The standard InChI is InChI=1S/C19H23N3O3/c1-13(2)25-17-11-6-5-10-16(17)21-19(24)20-15-9-7-8-14(12-15)18(23)22(3)4/h5-13H,1-4H3,(H2,20,21,24). The van der Waals surface area contributed by atoms with Crippen LogP contribution in [0.2, 0.25) is 0 Å². The first-order valence-corrected chi connectivity index (χ1v) is 8.02. The van der Waals surface area contributed by atoms with Crippen molar-refractivity contribution in [3.05, 3.63) is 54.1 Å². The third-order valence-electron chi connectivity index (χ3n) is 3.27. The van der Waals surface area contributed by atoms with Crippen molar-refractivity contribution >= 4 is 23.3 Å². The number of carbonyl (C=O) groups is 2. The predicted octanol–water partition coefficient (Wildman–Crippen LogP) is 3.82. The molecule has 0 aliphatic heterocycles. The van der Waals surface area contributed by atoms with Crippen LogP contribution in [0.4, 0.5) is 16.2 Å². The Hall–Kier alpha value is -3.02. The molecule has 0 aliphatic carbocycles. The number of amides is 3. The van der Waals surface area contributed by atoms with E-state index in [1.54, 1.807) is 50.5 Å². The molecule has 0 saturated carbocycles. The molecule has 0 atom stereocenters. The van der Waals surface area contributed by atoms with Gasteiger partial charge in [0.15, 0.2) is 0 Å². The molecule has 0 aromatic heterocycles. The summed E-state index contributed by atoms with van der Waals surface area (Å²) in [5.74, 6) is 0.476. The summed E-state index contributed by atoms with van der Waals surface area (Å²) in [4.78, 5) is 25.7. The Morgan fingerprint density at radius 2 is 1.72 bits per heavy atom. The molecule has 0 aliphatic rings. The zero-order valence-electron chi connectivity index (χ0n) is 14.9. The second kappa shape index (κ2) is 8.19. The number of rotatable bonds is 5. The Kier molecular flexibility index (Phi) is 6.00. The average Bonchev–Trinajstić information content (AvgIpc) is 2.55. The average molecular weight is 341 g/mol. The summed E-state index contributed by atoms with van der Waals surface area (Å²) in [6.07, 6.45) is -0.000242. The van der Waals surface area contributed by atoms with Crippen LogP contribution in [0, 0.1) is 0 Å². The number of carbonyl (C=O) groups excluding carboxylic acids is 2. The molecule has 0 saturated heterocycles. The maximum absolute atomic E-state index is 12.3. The monoisotopic (exact) mass is 341 g/mol. The Morgan fingerprint density at radius 1 is 1.00 bits per heavy atom. The maximum atomic E-state index is 12.3. The summed E-state index contributed by atoms with van der Waals surface area (Å²) < 4.78 is 5.68. The van der Waals surface area contributed by atoms with E-state index in [4.69, 9.17) is 4.74 Å². The Bertz CT molecular complexity index is 757. The number of nitrogens with one attached hydrogen (secondary N) is 2. The predicted molar refractivity (Wildman–Crippen MR) is 99.3 cm³/mol. The lowest BCUT2D eigenvalue weighted by molar-refractivity contribution is 0.0827. The van der Waals surface area contributed by atoms with Crippen molar-refractivity contribution in [2.24, 2.45) is 0 Å². The molecule has 2 N–H and O–H groups in total. The molecule has 0 bridgehead atoms. The summed E-state index contributed by atoms with van der Waals surface area (Å²) in [6.45, 7) is 3.84. The summed E-state index contributed by atoms with van der Waals surface area (Å²) in [6, 6.07) is 13.6. The van der Waals surface area contributed by atoms with Gasteiger partial charge in [-0.15, -0.1) is 0 Å². The Balaban J connectivity index is 2.09. The molecule has 0 spiro atoms. The fourth-order valence-electron chi connectivity index (χ4n) is 2.20. The van der Waals surface area contributed by atoms with Gasteiger partial charge in [0.1, 0.15) is 5.75 Å². The van der Waals surface area contributed by atoms with Crippen LogP contribution in [0.3, 0.4) is 0 Å². The highest BCUT2D eigenvalue weighted by atomic mass is 16.5. The van der Waals surface area contributed by atoms with Gasteiger partial charge < -0.3 is 20.3 Å². The van der Waals surface area contributed by atoms with Gasteiger partial charge in [-0.3, -0.25) is 4.79 Å². The van der Waals surface area contributed by atoms with Crippen molar-refractivity contribution in [1.82, 2.24) is 4.90 Å². The van der Waals surface area contributed by atoms with Gasteiger partial charge in [-0.1, -0.05) is 18.2 Å². The van der Waals surface area contributed by atoms with Gasteiger partial charge in [-0.2, -0.15) is 0 Å². The van der Waals surface area contributed by atoms with Gasteiger partial charge in [0.2, 0.25) is 0 Å². The minimum atomic E-state index is -0.408. The van der Waals surface area contributed by atoms with Crippen LogP contribution >= 0.6 is 0 Å². The summed E-state index contributed by atoms with van der Waals surface area (Å²) in [7, 11) is 3.36. The van der Waals surface area contributed by atoms with Crippen LogP contribution < -0.4 is 15.4 Å². The first-order valence-electron chi connectivity index (χ1n) is 8.02. The number of anilines is 2. The summed E-state index contributed by atoms with van der Waals surface area (Å²) in [5.41, 5.74) is 1.62. The Morgan fingerprint density at radius 3 is 2.40 bits per heavy atom. The van der Waals surface area contributed by atoms with Gasteiger partial charge in [0.25, 0.3) is 5.91 Å². The van der Waals surface area contributed by atoms with Gasteiger partial charge in [0.05, 0.1) is 11.8 Å². The topological polar surface area (TPSA) is 70.7 Å². The van der Waals surface area contributed by atoms with Crippen molar-refractivity contribution in [2.75, 3.05) is 24.7 Å². The lowest BCUT2D eigenvalue weighted by atomic mass is 10.2. The largest absolute Gasteiger partial charge is 0.489 e. The number of hydrogen-bond donors (Lipinski definition) is 2. The molecule has 0 fully saturated rings. The maximum Gasteiger partial charge on any atom is 0.323 e. The lowest BCUT2D eigenvalue weighted by Gasteiger charge is -2.15. The molecule has 2 aromatic rings. The van der Waals surface area contributed by atoms with Crippen molar-refractivity contribution in [1.29, 1.82) is 0 Å². The highest BCUT2D eigenvalue weighted by molar-refractivity contribution is 6.02. The SMILES string of the molecule is CC(C)Oc1ccccc1NC(=O)Nc1cccc(C(=O)N(C)C)c1. The third kappa shape index (κ3) is 5.24. The highest BCUT2D eigenvalue weighted by Gasteiger charge is 2.11. The molecule has 0 radical (unpaired) electrons. The summed E-state index contributed by atoms with van der Waals surface area (Å²) >= 11 is 0. The molecule has 132 valence electrons. The Labute approximate surface area is 147 Å². The fourth-order valence-corrected chi connectivity index (χ4v) is 2.20. The van der Waals surface area contributed by atoms with E-state index in [2.05, 4.69) is 10.6 Å². The number of benzene rings is 2. The van der Waals surface area contributed by atoms with E-state index in [-0.39, 0.29) is 12.0 Å². The van der Waals surface area contributed by atoms with E-state index in [1.807, 2.05) is 26.0 Å². The van der Waals surface area contributed by atoms with Crippen molar-refractivity contribution in [3.63, 3.8) is 0 Å². The zero-order valence-corrected chi connectivity index (χ0v) is 14.9. The number of hydrogen-bond acceptors (Lipinski definition) is 3. The minimum Gasteiger partial charge on any atom is -0.489 e. The highest BCUT2D eigenvalue weighted by Crippen LogP contribution is 2.25. The van der Waals surface area contributed by atoms with Crippen LogP contribution in [0.1, 0.15) is 24.2 Å². The van der Waals surface area contributed by atoms with Crippen molar-refractivity contribution in [2.45, 2.75) is 20.0 Å². The van der Waals surface area contributed by atoms with Crippen LogP contribution in [-0.4, -0.2) is 37.0 Å².